The van der Waals surface area contributed by atoms with E-state index >= 15 is 0 Å². The standard InChI is InChI=1S/C26H26N4O3S/c1-19-4-14-25(15-5-19)34(32,33)29(3)23-10-8-22(9-11-23)26(31)28-20(2)21-6-12-24(13-7-21)30-17-16-27-18-30/h4-18,20H,1-3H3,(H,28,31). The van der Waals surface area contributed by atoms with Crippen LogP contribution in [0.3, 0.4) is 0 Å². The minimum Gasteiger partial charge on any atom is -0.346 e. The van der Waals surface area contributed by atoms with Crippen molar-refractivity contribution < 1.29 is 13.2 Å². The van der Waals surface area contributed by atoms with E-state index in [-0.39, 0.29) is 16.8 Å². The molecule has 1 atom stereocenters. The monoisotopic (exact) mass is 474 g/mol. The Bertz CT molecular complexity index is 1360. The van der Waals surface area contributed by atoms with Crippen LogP contribution < -0.4 is 9.62 Å². The number of anilines is 1. The fourth-order valence-corrected chi connectivity index (χ4v) is 4.74. The SMILES string of the molecule is Cc1ccc(S(=O)(=O)N(C)c2ccc(C(=O)NC(C)c3ccc(-n4ccnc4)cc3)cc2)cc1. The molecule has 4 aromatic rings. The van der Waals surface area contributed by atoms with Gasteiger partial charge in [0.1, 0.15) is 0 Å². The number of carbonyl (C=O) groups is 1. The van der Waals surface area contributed by atoms with Gasteiger partial charge in [0, 0.05) is 30.7 Å². The Morgan fingerprint density at radius 3 is 2.21 bits per heavy atom. The maximum atomic E-state index is 12.9. The van der Waals surface area contributed by atoms with Crippen LogP contribution in [0.15, 0.2) is 96.4 Å². The van der Waals surface area contributed by atoms with Gasteiger partial charge in [-0.2, -0.15) is 0 Å². The minimum absolute atomic E-state index is 0.200. The normalized spacial score (nSPS) is 12.2. The minimum atomic E-state index is -3.69. The summed E-state index contributed by atoms with van der Waals surface area (Å²) >= 11 is 0. The molecule has 34 heavy (non-hydrogen) atoms. The summed E-state index contributed by atoms with van der Waals surface area (Å²) in [7, 11) is -2.19. The van der Waals surface area contributed by atoms with Crippen LogP contribution in [0.2, 0.25) is 0 Å². The summed E-state index contributed by atoms with van der Waals surface area (Å²) in [4.78, 5) is 17.0. The third-order valence-corrected chi connectivity index (χ3v) is 7.52. The topological polar surface area (TPSA) is 84.3 Å². The first kappa shape index (κ1) is 23.3. The number of benzene rings is 3. The summed E-state index contributed by atoms with van der Waals surface area (Å²) in [5.74, 6) is -0.234. The molecule has 0 saturated heterocycles. The molecule has 1 unspecified atom stereocenters. The molecular weight excluding hydrogens is 448 g/mol. The number of aromatic nitrogens is 2. The molecule has 0 saturated carbocycles. The van der Waals surface area contributed by atoms with Crippen LogP contribution in [0.25, 0.3) is 5.69 Å². The van der Waals surface area contributed by atoms with Gasteiger partial charge in [0.25, 0.3) is 15.9 Å². The van der Waals surface area contributed by atoms with Crippen LogP contribution in [0.5, 0.6) is 0 Å². The second-order valence-electron chi connectivity index (χ2n) is 8.09. The van der Waals surface area contributed by atoms with Gasteiger partial charge in [0.2, 0.25) is 0 Å². The van der Waals surface area contributed by atoms with Gasteiger partial charge in [-0.05, 0) is 67.9 Å². The zero-order valence-corrected chi connectivity index (χ0v) is 20.0. The number of amides is 1. The highest BCUT2D eigenvalue weighted by Gasteiger charge is 2.21. The first-order valence-corrected chi connectivity index (χ1v) is 12.2. The second kappa shape index (κ2) is 9.52. The molecule has 1 N–H and O–H groups in total. The molecule has 0 aliphatic carbocycles. The quantitative estimate of drug-likeness (QED) is 0.428. The Morgan fingerprint density at radius 2 is 1.62 bits per heavy atom. The van der Waals surface area contributed by atoms with Crippen molar-refractivity contribution in [2.24, 2.45) is 0 Å². The molecular formula is C26H26N4O3S. The van der Waals surface area contributed by atoms with E-state index in [1.165, 1.54) is 11.4 Å². The van der Waals surface area contributed by atoms with Crippen molar-refractivity contribution in [3.8, 4) is 5.69 Å². The average Bonchev–Trinajstić information content (AvgIpc) is 3.39. The van der Waals surface area contributed by atoms with Gasteiger partial charge in [0.15, 0.2) is 0 Å². The zero-order chi connectivity index (χ0) is 24.3. The largest absolute Gasteiger partial charge is 0.346 e. The molecule has 8 heteroatoms. The zero-order valence-electron chi connectivity index (χ0n) is 19.2. The lowest BCUT2D eigenvalue weighted by Crippen LogP contribution is -2.28. The Kier molecular flexibility index (Phi) is 6.51. The molecule has 174 valence electrons. The molecule has 0 aliphatic rings. The number of hydrogen-bond acceptors (Lipinski definition) is 4. The predicted molar refractivity (Wildman–Crippen MR) is 133 cm³/mol. The van der Waals surface area contributed by atoms with Crippen molar-refractivity contribution >= 4 is 21.6 Å². The summed E-state index contributed by atoms with van der Waals surface area (Å²) in [6.45, 7) is 3.82. The summed E-state index contributed by atoms with van der Waals surface area (Å²) in [6.07, 6.45) is 5.32. The Morgan fingerprint density at radius 1 is 0.971 bits per heavy atom. The summed E-state index contributed by atoms with van der Waals surface area (Å²) < 4.78 is 28.9. The highest BCUT2D eigenvalue weighted by molar-refractivity contribution is 7.92. The van der Waals surface area contributed by atoms with E-state index in [1.807, 2.05) is 48.9 Å². The molecule has 0 bridgehead atoms. The molecule has 0 radical (unpaired) electrons. The van der Waals surface area contributed by atoms with Crippen LogP contribution >= 0.6 is 0 Å². The van der Waals surface area contributed by atoms with E-state index in [0.717, 1.165) is 16.8 Å². The number of aryl methyl sites for hydroxylation is 1. The summed E-state index contributed by atoms with van der Waals surface area (Å²) in [5, 5.41) is 2.99. The maximum Gasteiger partial charge on any atom is 0.264 e. The molecule has 1 heterocycles. The van der Waals surface area contributed by atoms with Gasteiger partial charge >= 0.3 is 0 Å². The summed E-state index contributed by atoms with van der Waals surface area (Å²) in [6, 6.07) is 20.9. The van der Waals surface area contributed by atoms with Gasteiger partial charge in [-0.25, -0.2) is 13.4 Å². The fourth-order valence-electron chi connectivity index (χ4n) is 3.54. The van der Waals surface area contributed by atoms with E-state index in [0.29, 0.717) is 11.3 Å². The lowest BCUT2D eigenvalue weighted by molar-refractivity contribution is 0.0940. The molecule has 0 fully saturated rings. The van der Waals surface area contributed by atoms with Gasteiger partial charge in [-0.1, -0.05) is 29.8 Å². The second-order valence-corrected chi connectivity index (χ2v) is 10.1. The highest BCUT2D eigenvalue weighted by atomic mass is 32.2. The van der Waals surface area contributed by atoms with E-state index in [4.69, 9.17) is 0 Å². The summed E-state index contributed by atoms with van der Waals surface area (Å²) in [5.41, 5.74) is 3.87. The molecule has 1 aromatic heterocycles. The number of sulfonamides is 1. The van der Waals surface area contributed by atoms with Gasteiger partial charge in [-0.15, -0.1) is 0 Å². The van der Waals surface area contributed by atoms with E-state index in [2.05, 4.69) is 10.3 Å². The van der Waals surface area contributed by atoms with Crippen LogP contribution in [-0.4, -0.2) is 30.9 Å². The fraction of sp³-hybridized carbons (Fsp3) is 0.154. The molecule has 0 spiro atoms. The smallest absolute Gasteiger partial charge is 0.264 e. The number of nitrogens with zero attached hydrogens (tertiary/aromatic N) is 3. The van der Waals surface area contributed by atoms with E-state index in [9.17, 15) is 13.2 Å². The third kappa shape index (κ3) is 4.87. The third-order valence-electron chi connectivity index (χ3n) is 5.72. The molecule has 0 aliphatic heterocycles. The lowest BCUT2D eigenvalue weighted by Gasteiger charge is -2.20. The maximum absolute atomic E-state index is 12.9. The van der Waals surface area contributed by atoms with Gasteiger partial charge < -0.3 is 9.88 Å². The molecule has 1 amide bonds. The highest BCUT2D eigenvalue weighted by Crippen LogP contribution is 2.23. The Balaban J connectivity index is 1.43. The van der Waals surface area contributed by atoms with Crippen molar-refractivity contribution in [1.29, 1.82) is 0 Å². The predicted octanol–water partition coefficient (Wildman–Crippen LogP) is 4.50. The van der Waals surface area contributed by atoms with Crippen molar-refractivity contribution in [2.75, 3.05) is 11.4 Å². The first-order chi connectivity index (χ1) is 16.3. The number of rotatable bonds is 7. The number of carbonyl (C=O) groups excluding carboxylic acids is 1. The van der Waals surface area contributed by atoms with Crippen LogP contribution in [-0.2, 0) is 10.0 Å². The Labute approximate surface area is 199 Å². The van der Waals surface area contributed by atoms with Crippen LogP contribution in [0.4, 0.5) is 5.69 Å². The van der Waals surface area contributed by atoms with Crippen molar-refractivity contribution in [2.45, 2.75) is 24.8 Å². The van der Waals surface area contributed by atoms with E-state index < -0.39 is 10.0 Å². The van der Waals surface area contributed by atoms with Crippen molar-refractivity contribution in [3.63, 3.8) is 0 Å². The number of nitrogens with one attached hydrogen (secondary N) is 1. The van der Waals surface area contributed by atoms with Crippen molar-refractivity contribution in [3.05, 3.63) is 108 Å². The molecule has 3 aromatic carbocycles. The van der Waals surface area contributed by atoms with Gasteiger partial charge in [0.05, 0.1) is 23.0 Å². The van der Waals surface area contributed by atoms with Crippen molar-refractivity contribution in [1.82, 2.24) is 14.9 Å². The van der Waals surface area contributed by atoms with E-state index in [1.54, 1.807) is 61.1 Å². The number of imidazole rings is 1. The number of hydrogen-bond donors (Lipinski definition) is 1. The average molecular weight is 475 g/mol. The molecule has 4 rings (SSSR count). The Hall–Kier alpha value is -3.91. The molecule has 7 nitrogen and oxygen atoms in total. The van der Waals surface area contributed by atoms with Crippen LogP contribution in [0.1, 0.15) is 34.5 Å². The first-order valence-electron chi connectivity index (χ1n) is 10.8. The lowest BCUT2D eigenvalue weighted by atomic mass is 10.1. The van der Waals surface area contributed by atoms with Crippen LogP contribution in [0, 0.1) is 6.92 Å². The van der Waals surface area contributed by atoms with Gasteiger partial charge in [-0.3, -0.25) is 9.10 Å².